The minimum Gasteiger partial charge on any atom is -0.493 e. The van der Waals surface area contributed by atoms with Gasteiger partial charge in [0.15, 0.2) is 17.2 Å². The zero-order valence-electron chi connectivity index (χ0n) is 18.4. The van der Waals surface area contributed by atoms with E-state index in [1.807, 2.05) is 50.2 Å². The van der Waals surface area contributed by atoms with Gasteiger partial charge in [-0.1, -0.05) is 49.9 Å². The maximum Gasteiger partial charge on any atom is 0.247 e. The standard InChI is InChI=1S/C23H24N4O4S/c1-5-18(28)27-16-12-8-7-10-14(16)19-21(24-23(26-25-19)32-6-2)31-22(27)15-11-9-13-17(29-3)20(15)30-4/h7-13,22H,5-6H2,1-4H3/t22-/m0/s1. The number of thioether (sulfide) groups is 1. The molecule has 9 heteroatoms. The van der Waals surface area contributed by atoms with E-state index in [1.165, 1.54) is 11.8 Å². The van der Waals surface area contributed by atoms with E-state index in [0.717, 1.165) is 11.3 Å². The van der Waals surface area contributed by atoms with E-state index in [4.69, 9.17) is 14.2 Å². The van der Waals surface area contributed by atoms with Crippen LogP contribution in [0.15, 0.2) is 47.6 Å². The fraction of sp³-hybridized carbons (Fsp3) is 0.304. The largest absolute Gasteiger partial charge is 0.493 e. The van der Waals surface area contributed by atoms with Crippen molar-refractivity contribution in [2.45, 2.75) is 31.7 Å². The van der Waals surface area contributed by atoms with Crippen molar-refractivity contribution in [2.24, 2.45) is 0 Å². The van der Waals surface area contributed by atoms with Crippen molar-refractivity contribution in [3.05, 3.63) is 48.0 Å². The smallest absolute Gasteiger partial charge is 0.247 e. The first kappa shape index (κ1) is 21.9. The molecule has 0 N–H and O–H groups in total. The van der Waals surface area contributed by atoms with E-state index in [1.54, 1.807) is 25.2 Å². The first-order chi connectivity index (χ1) is 15.6. The van der Waals surface area contributed by atoms with Crippen molar-refractivity contribution in [1.29, 1.82) is 0 Å². The van der Waals surface area contributed by atoms with Crippen LogP contribution in [0.25, 0.3) is 11.3 Å². The van der Waals surface area contributed by atoms with E-state index in [-0.39, 0.29) is 12.3 Å². The predicted octanol–water partition coefficient (Wildman–Crippen LogP) is 4.50. The number of benzene rings is 2. The van der Waals surface area contributed by atoms with Crippen molar-refractivity contribution in [3.8, 4) is 28.6 Å². The number of carbonyl (C=O) groups is 1. The number of ether oxygens (including phenoxy) is 3. The minimum absolute atomic E-state index is 0.115. The number of hydrogen-bond acceptors (Lipinski definition) is 8. The van der Waals surface area contributed by atoms with Gasteiger partial charge in [-0.15, -0.1) is 10.2 Å². The van der Waals surface area contributed by atoms with E-state index in [2.05, 4.69) is 15.2 Å². The molecule has 1 aliphatic rings. The predicted molar refractivity (Wildman–Crippen MR) is 122 cm³/mol. The molecular formula is C23H24N4O4S. The molecular weight excluding hydrogens is 428 g/mol. The molecule has 32 heavy (non-hydrogen) atoms. The maximum absolute atomic E-state index is 13.3. The molecule has 0 saturated heterocycles. The second-order valence-electron chi connectivity index (χ2n) is 6.87. The maximum atomic E-state index is 13.3. The Labute approximate surface area is 190 Å². The molecule has 2 aromatic carbocycles. The van der Waals surface area contributed by atoms with Gasteiger partial charge in [-0.3, -0.25) is 9.69 Å². The number of nitrogens with zero attached hydrogens (tertiary/aromatic N) is 4. The number of hydrogen-bond donors (Lipinski definition) is 0. The number of anilines is 1. The molecule has 1 aromatic heterocycles. The van der Waals surface area contributed by atoms with Gasteiger partial charge < -0.3 is 14.2 Å². The summed E-state index contributed by atoms with van der Waals surface area (Å²) in [6, 6.07) is 13.0. The molecule has 166 valence electrons. The van der Waals surface area contributed by atoms with Gasteiger partial charge in [-0.05, 0) is 24.0 Å². The topological polar surface area (TPSA) is 86.7 Å². The third-order valence-electron chi connectivity index (χ3n) is 5.06. The summed E-state index contributed by atoms with van der Waals surface area (Å²) in [5.41, 5.74) is 2.51. The number of carbonyl (C=O) groups excluding carboxylic acids is 1. The SMILES string of the molecule is CCSc1nnc2c(n1)O[C@@H](c1cccc(OC)c1OC)N(C(=O)CC)c1ccccc1-2. The van der Waals surface area contributed by atoms with Crippen LogP contribution >= 0.6 is 11.8 Å². The summed E-state index contributed by atoms with van der Waals surface area (Å²) >= 11 is 1.47. The van der Waals surface area contributed by atoms with Gasteiger partial charge in [-0.25, -0.2) is 0 Å². The summed E-state index contributed by atoms with van der Waals surface area (Å²) in [5.74, 6) is 2.02. The molecule has 0 unspecified atom stereocenters. The molecule has 0 bridgehead atoms. The molecule has 1 amide bonds. The fourth-order valence-corrected chi connectivity index (χ4v) is 4.16. The van der Waals surface area contributed by atoms with Crippen LogP contribution < -0.4 is 19.1 Å². The summed E-state index contributed by atoms with van der Waals surface area (Å²) in [4.78, 5) is 19.5. The first-order valence-corrected chi connectivity index (χ1v) is 11.3. The Morgan fingerprint density at radius 2 is 1.91 bits per heavy atom. The molecule has 0 radical (unpaired) electrons. The molecule has 0 fully saturated rings. The monoisotopic (exact) mass is 452 g/mol. The average molecular weight is 453 g/mol. The third kappa shape index (κ3) is 3.84. The zero-order valence-corrected chi connectivity index (χ0v) is 19.2. The number of amides is 1. The Morgan fingerprint density at radius 3 is 2.62 bits per heavy atom. The molecule has 0 aliphatic carbocycles. The van der Waals surface area contributed by atoms with Gasteiger partial charge in [-0.2, -0.15) is 4.98 Å². The number of methoxy groups -OCH3 is 2. The number of para-hydroxylation sites is 2. The van der Waals surface area contributed by atoms with Crippen LogP contribution in [-0.4, -0.2) is 41.1 Å². The molecule has 1 atom stereocenters. The van der Waals surface area contributed by atoms with Crippen LogP contribution in [0, 0.1) is 0 Å². The summed E-state index contributed by atoms with van der Waals surface area (Å²) in [6.07, 6.45) is -0.557. The van der Waals surface area contributed by atoms with E-state index in [9.17, 15) is 4.79 Å². The highest BCUT2D eigenvalue weighted by Crippen LogP contribution is 2.46. The van der Waals surface area contributed by atoms with Gasteiger partial charge >= 0.3 is 0 Å². The lowest BCUT2D eigenvalue weighted by molar-refractivity contribution is -0.120. The van der Waals surface area contributed by atoms with E-state index < -0.39 is 6.23 Å². The van der Waals surface area contributed by atoms with Gasteiger partial charge in [0, 0.05) is 12.0 Å². The molecule has 0 spiro atoms. The Morgan fingerprint density at radius 1 is 1.09 bits per heavy atom. The van der Waals surface area contributed by atoms with Crippen molar-refractivity contribution in [3.63, 3.8) is 0 Å². The molecule has 2 heterocycles. The highest BCUT2D eigenvalue weighted by Gasteiger charge is 2.37. The van der Waals surface area contributed by atoms with E-state index in [0.29, 0.717) is 39.5 Å². The minimum atomic E-state index is -0.842. The van der Waals surface area contributed by atoms with Crippen molar-refractivity contribution in [1.82, 2.24) is 15.2 Å². The second kappa shape index (κ2) is 9.44. The molecule has 3 aromatic rings. The average Bonchev–Trinajstić information content (AvgIpc) is 2.97. The highest BCUT2D eigenvalue weighted by molar-refractivity contribution is 7.99. The van der Waals surface area contributed by atoms with Gasteiger partial charge in [0.1, 0.15) is 0 Å². The summed E-state index contributed by atoms with van der Waals surface area (Å²) in [5, 5.41) is 9.17. The van der Waals surface area contributed by atoms with Crippen LogP contribution in [0.3, 0.4) is 0 Å². The quantitative estimate of drug-likeness (QED) is 0.505. The highest BCUT2D eigenvalue weighted by atomic mass is 32.2. The van der Waals surface area contributed by atoms with Gasteiger partial charge in [0.2, 0.25) is 23.2 Å². The van der Waals surface area contributed by atoms with Crippen LogP contribution in [0.1, 0.15) is 32.1 Å². The molecule has 0 saturated carbocycles. The van der Waals surface area contributed by atoms with Crippen LogP contribution in [0.2, 0.25) is 0 Å². The molecule has 1 aliphatic heterocycles. The second-order valence-corrected chi connectivity index (χ2v) is 8.10. The van der Waals surface area contributed by atoms with Crippen molar-refractivity contribution < 1.29 is 19.0 Å². The van der Waals surface area contributed by atoms with Crippen LogP contribution in [-0.2, 0) is 4.79 Å². The number of aromatic nitrogens is 3. The number of fused-ring (bicyclic) bond motifs is 3. The lowest BCUT2D eigenvalue weighted by Gasteiger charge is -2.31. The lowest BCUT2D eigenvalue weighted by atomic mass is 10.1. The summed E-state index contributed by atoms with van der Waals surface area (Å²) < 4.78 is 17.6. The summed E-state index contributed by atoms with van der Waals surface area (Å²) in [7, 11) is 3.13. The zero-order chi connectivity index (χ0) is 22.7. The van der Waals surface area contributed by atoms with Crippen LogP contribution in [0.5, 0.6) is 17.4 Å². The fourth-order valence-electron chi connectivity index (χ4n) is 3.65. The Hall–Kier alpha value is -3.33. The summed E-state index contributed by atoms with van der Waals surface area (Å²) in [6.45, 7) is 3.83. The van der Waals surface area contributed by atoms with Crippen molar-refractivity contribution in [2.75, 3.05) is 24.9 Å². The molecule has 4 rings (SSSR count). The van der Waals surface area contributed by atoms with Crippen molar-refractivity contribution >= 4 is 23.4 Å². The van der Waals surface area contributed by atoms with Gasteiger partial charge in [0.05, 0.1) is 25.5 Å². The first-order valence-electron chi connectivity index (χ1n) is 10.3. The lowest BCUT2D eigenvalue weighted by Crippen LogP contribution is -2.37. The third-order valence-corrected chi connectivity index (χ3v) is 5.78. The van der Waals surface area contributed by atoms with Gasteiger partial charge in [0.25, 0.3) is 0 Å². The Kier molecular flexibility index (Phi) is 6.45. The molecule has 8 nitrogen and oxygen atoms in total. The normalized spacial score (nSPS) is 14.6. The Balaban J connectivity index is 1.99. The van der Waals surface area contributed by atoms with Crippen LogP contribution in [0.4, 0.5) is 5.69 Å². The van der Waals surface area contributed by atoms with E-state index >= 15 is 0 Å². The Bertz CT molecular complexity index is 1140. The number of rotatable bonds is 6.